The Morgan fingerprint density at radius 1 is 1.29 bits per heavy atom. The quantitative estimate of drug-likeness (QED) is 0.392. The summed E-state index contributed by atoms with van der Waals surface area (Å²) in [7, 11) is 0. The lowest BCUT2D eigenvalue weighted by atomic mass is 10.3. The smallest absolute Gasteiger partial charge is 0.510 e. The molecule has 0 aliphatic carbocycles. The molecule has 0 heterocycles. The number of nitrogens with zero attached hydrogens (tertiary/aromatic N) is 2. The molecule has 1 aromatic carbocycles. The van der Waals surface area contributed by atoms with Gasteiger partial charge in [-0.05, 0) is 19.1 Å². The van der Waals surface area contributed by atoms with Gasteiger partial charge in [0.2, 0.25) is 0 Å². The minimum atomic E-state index is -4.94. The van der Waals surface area contributed by atoms with E-state index in [0.29, 0.717) is 6.07 Å². The van der Waals surface area contributed by atoms with E-state index in [-0.39, 0.29) is 5.70 Å². The van der Waals surface area contributed by atoms with E-state index in [0.717, 1.165) is 19.1 Å². The molecule has 0 bridgehead atoms. The van der Waals surface area contributed by atoms with Gasteiger partial charge in [0.1, 0.15) is 17.2 Å². The standard InChI is InChI=1S/C12H10F4N2O3/c1-6(19)11(7(2)20)18-17-10-4-3-8(5-9(10)13)21-12(14,15)16/h3-5,19H,1-2H3/b11-6+,18-17?. The highest BCUT2D eigenvalue weighted by atomic mass is 19.4. The van der Waals surface area contributed by atoms with Crippen molar-refractivity contribution in [3.63, 3.8) is 0 Å². The van der Waals surface area contributed by atoms with E-state index in [9.17, 15) is 22.4 Å². The van der Waals surface area contributed by atoms with Crippen molar-refractivity contribution in [2.45, 2.75) is 20.2 Å². The Kier molecular flexibility index (Phi) is 5.01. The summed E-state index contributed by atoms with van der Waals surface area (Å²) < 4.78 is 52.9. The van der Waals surface area contributed by atoms with Gasteiger partial charge in [0.05, 0.1) is 0 Å². The molecule has 21 heavy (non-hydrogen) atoms. The molecule has 0 amide bonds. The van der Waals surface area contributed by atoms with E-state index < -0.39 is 35.2 Å². The highest BCUT2D eigenvalue weighted by Gasteiger charge is 2.31. The van der Waals surface area contributed by atoms with Gasteiger partial charge in [-0.25, -0.2) is 4.39 Å². The van der Waals surface area contributed by atoms with Crippen LogP contribution >= 0.6 is 0 Å². The zero-order valence-electron chi connectivity index (χ0n) is 10.9. The van der Waals surface area contributed by atoms with Gasteiger partial charge < -0.3 is 9.84 Å². The molecule has 0 atom stereocenters. The number of aliphatic hydroxyl groups excluding tert-OH is 1. The number of benzene rings is 1. The van der Waals surface area contributed by atoms with Crippen LogP contribution in [0.15, 0.2) is 39.9 Å². The third-order valence-electron chi connectivity index (χ3n) is 2.09. The fourth-order valence-corrected chi connectivity index (χ4v) is 1.27. The molecule has 0 aromatic heterocycles. The van der Waals surface area contributed by atoms with Crippen LogP contribution in [0.3, 0.4) is 0 Å². The Bertz CT molecular complexity index is 605. The summed E-state index contributed by atoms with van der Waals surface area (Å²) >= 11 is 0. The summed E-state index contributed by atoms with van der Waals surface area (Å²) in [6.07, 6.45) is -4.94. The van der Waals surface area contributed by atoms with Crippen molar-refractivity contribution in [3.8, 4) is 5.75 Å². The Labute approximate surface area is 116 Å². The zero-order chi connectivity index (χ0) is 16.2. The van der Waals surface area contributed by atoms with Crippen LogP contribution in [-0.4, -0.2) is 17.3 Å². The second-order valence-electron chi connectivity index (χ2n) is 3.85. The maximum Gasteiger partial charge on any atom is 0.573 e. The summed E-state index contributed by atoms with van der Waals surface area (Å²) in [5.74, 6) is -2.89. The van der Waals surface area contributed by atoms with E-state index in [1.807, 2.05) is 0 Å². The van der Waals surface area contributed by atoms with Gasteiger partial charge >= 0.3 is 6.36 Å². The molecular formula is C12H10F4N2O3. The van der Waals surface area contributed by atoms with Crippen molar-refractivity contribution in [1.29, 1.82) is 0 Å². The predicted octanol–water partition coefficient (Wildman–Crippen LogP) is 4.19. The predicted molar refractivity (Wildman–Crippen MR) is 63.6 cm³/mol. The van der Waals surface area contributed by atoms with Crippen LogP contribution in [-0.2, 0) is 4.79 Å². The van der Waals surface area contributed by atoms with Crippen molar-refractivity contribution in [2.75, 3.05) is 0 Å². The molecule has 114 valence electrons. The number of allylic oxidation sites excluding steroid dienone is 2. The van der Waals surface area contributed by atoms with Gasteiger partial charge in [0.25, 0.3) is 0 Å². The topological polar surface area (TPSA) is 71.2 Å². The number of rotatable bonds is 4. The molecule has 0 radical (unpaired) electrons. The number of carbonyl (C=O) groups is 1. The second-order valence-corrected chi connectivity index (χ2v) is 3.85. The van der Waals surface area contributed by atoms with Crippen molar-refractivity contribution in [3.05, 3.63) is 35.5 Å². The van der Waals surface area contributed by atoms with Crippen LogP contribution in [0.1, 0.15) is 13.8 Å². The summed E-state index contributed by atoms with van der Waals surface area (Å²) in [5.41, 5.74) is -0.797. The Balaban J connectivity index is 3.01. The highest BCUT2D eigenvalue weighted by molar-refractivity contribution is 5.93. The van der Waals surface area contributed by atoms with Gasteiger partial charge in [-0.2, -0.15) is 0 Å². The molecular weight excluding hydrogens is 296 g/mol. The number of ether oxygens (including phenoxy) is 1. The van der Waals surface area contributed by atoms with Crippen molar-refractivity contribution >= 4 is 11.5 Å². The number of alkyl halides is 3. The van der Waals surface area contributed by atoms with Gasteiger partial charge in [-0.1, -0.05) is 0 Å². The molecule has 1 rings (SSSR count). The molecule has 0 saturated heterocycles. The van der Waals surface area contributed by atoms with Crippen LogP contribution in [0.2, 0.25) is 0 Å². The van der Waals surface area contributed by atoms with Crippen molar-refractivity contribution in [2.24, 2.45) is 10.2 Å². The molecule has 0 aliphatic rings. The minimum Gasteiger partial charge on any atom is -0.510 e. The number of hydrogen-bond acceptors (Lipinski definition) is 5. The number of carbonyl (C=O) groups excluding carboxylic acids is 1. The summed E-state index contributed by atoms with van der Waals surface area (Å²) in [6, 6.07) is 2.21. The second kappa shape index (κ2) is 6.33. The number of ketones is 1. The van der Waals surface area contributed by atoms with E-state index in [1.54, 1.807) is 0 Å². The molecule has 0 saturated carbocycles. The number of azo groups is 1. The lowest BCUT2D eigenvalue weighted by Gasteiger charge is -2.08. The van der Waals surface area contributed by atoms with Crippen molar-refractivity contribution < 1.29 is 32.2 Å². The largest absolute Gasteiger partial charge is 0.573 e. The lowest BCUT2D eigenvalue weighted by Crippen LogP contribution is -2.17. The number of Topliss-reactive ketones (excluding diaryl/α,β-unsaturated/α-hetero) is 1. The molecule has 1 aromatic rings. The average molecular weight is 306 g/mol. The molecule has 0 unspecified atom stereocenters. The summed E-state index contributed by atoms with van der Waals surface area (Å²) in [6.45, 7) is 2.30. The van der Waals surface area contributed by atoms with Gasteiger partial charge in [0.15, 0.2) is 17.3 Å². The molecule has 5 nitrogen and oxygen atoms in total. The summed E-state index contributed by atoms with van der Waals surface area (Å²) in [4.78, 5) is 11.1. The lowest BCUT2D eigenvalue weighted by molar-refractivity contribution is -0.274. The fourth-order valence-electron chi connectivity index (χ4n) is 1.27. The van der Waals surface area contributed by atoms with E-state index in [2.05, 4.69) is 15.0 Å². The van der Waals surface area contributed by atoms with Crippen LogP contribution in [0.5, 0.6) is 5.75 Å². The van der Waals surface area contributed by atoms with Gasteiger partial charge in [0, 0.05) is 13.0 Å². The Hall–Kier alpha value is -2.45. The first-order chi connectivity index (χ1) is 9.60. The van der Waals surface area contributed by atoms with Crippen molar-refractivity contribution in [1.82, 2.24) is 0 Å². The number of hydrogen-bond donors (Lipinski definition) is 1. The summed E-state index contributed by atoms with van der Waals surface area (Å²) in [5, 5.41) is 15.9. The van der Waals surface area contributed by atoms with E-state index >= 15 is 0 Å². The minimum absolute atomic E-state index is 0.384. The van der Waals surface area contributed by atoms with Gasteiger partial charge in [-0.3, -0.25) is 4.79 Å². The number of halogens is 4. The fraction of sp³-hybridized carbons (Fsp3) is 0.250. The molecule has 0 fully saturated rings. The first-order valence-electron chi connectivity index (χ1n) is 5.48. The maximum atomic E-state index is 13.5. The van der Waals surface area contributed by atoms with Gasteiger partial charge in [-0.15, -0.1) is 23.4 Å². The third-order valence-corrected chi connectivity index (χ3v) is 2.09. The Morgan fingerprint density at radius 3 is 2.33 bits per heavy atom. The van der Waals surface area contributed by atoms with Crippen LogP contribution in [0.4, 0.5) is 23.2 Å². The first kappa shape index (κ1) is 16.6. The normalized spacial score (nSPS) is 13.2. The molecule has 1 N–H and O–H groups in total. The van der Waals surface area contributed by atoms with Crippen LogP contribution < -0.4 is 4.74 Å². The zero-order valence-corrected chi connectivity index (χ0v) is 10.9. The Morgan fingerprint density at radius 2 is 1.90 bits per heavy atom. The highest BCUT2D eigenvalue weighted by Crippen LogP contribution is 2.28. The van der Waals surface area contributed by atoms with E-state index in [1.165, 1.54) is 6.92 Å². The SMILES string of the molecule is CC(=O)/C(N=Nc1ccc(OC(F)(F)F)cc1F)=C(/C)O. The van der Waals surface area contributed by atoms with E-state index in [4.69, 9.17) is 5.11 Å². The molecule has 0 aliphatic heterocycles. The van der Waals surface area contributed by atoms with Crippen LogP contribution in [0, 0.1) is 5.82 Å². The monoisotopic (exact) mass is 306 g/mol. The first-order valence-corrected chi connectivity index (χ1v) is 5.48. The third kappa shape index (κ3) is 5.21. The average Bonchev–Trinajstić information content (AvgIpc) is 2.28. The molecule has 0 spiro atoms. The maximum absolute atomic E-state index is 13.5. The molecule has 9 heteroatoms. The number of aliphatic hydroxyl groups is 1. The van der Waals surface area contributed by atoms with Crippen LogP contribution in [0.25, 0.3) is 0 Å².